The highest BCUT2D eigenvalue weighted by Gasteiger charge is 2.09. The fourth-order valence-electron chi connectivity index (χ4n) is 3.94. The van der Waals surface area contributed by atoms with Crippen LogP contribution in [0.15, 0.2) is 60.7 Å². The maximum Gasteiger partial charge on any atom is 0.229 e. The highest BCUT2D eigenvalue weighted by molar-refractivity contribution is 5.92. The third-order valence-electron chi connectivity index (χ3n) is 6.19. The predicted octanol–water partition coefficient (Wildman–Crippen LogP) is 3.19. The molecule has 0 radical (unpaired) electrons. The molecule has 12 nitrogen and oxygen atoms in total. The van der Waals surface area contributed by atoms with Gasteiger partial charge >= 0.3 is 0 Å². The minimum Gasteiger partial charge on any atom is -0.378 e. The number of carbonyl (C=O) groups excluding carboxylic acids is 1. The summed E-state index contributed by atoms with van der Waals surface area (Å²) in [6.45, 7) is 8.33. The zero-order valence-corrected chi connectivity index (χ0v) is 25.8. The van der Waals surface area contributed by atoms with Crippen LogP contribution in [0.25, 0.3) is 0 Å². The summed E-state index contributed by atoms with van der Waals surface area (Å²) in [5.41, 5.74) is 8.70. The summed E-state index contributed by atoms with van der Waals surface area (Å²) in [5.74, 6) is 1.22. The van der Waals surface area contributed by atoms with Crippen molar-refractivity contribution in [1.29, 1.82) is 0 Å². The summed E-state index contributed by atoms with van der Waals surface area (Å²) in [4.78, 5) is 23.5. The molecule has 0 spiro atoms. The first-order valence-electron chi connectivity index (χ1n) is 14.9. The number of hydrogen-bond donors (Lipinski definition) is 3. The van der Waals surface area contributed by atoms with Crippen LogP contribution in [0.5, 0.6) is 0 Å². The highest BCUT2D eigenvalue weighted by atomic mass is 16.6. The van der Waals surface area contributed by atoms with E-state index >= 15 is 0 Å². The van der Waals surface area contributed by atoms with Gasteiger partial charge in [0.2, 0.25) is 11.9 Å². The van der Waals surface area contributed by atoms with Crippen LogP contribution in [0.1, 0.15) is 11.3 Å². The first-order valence-corrected chi connectivity index (χ1v) is 14.9. The first kappa shape index (κ1) is 34.8. The molecule has 1 heterocycles. The van der Waals surface area contributed by atoms with Gasteiger partial charge in [0.1, 0.15) is 5.82 Å². The number of benzene rings is 2. The lowest BCUT2D eigenvalue weighted by Crippen LogP contribution is -2.24. The molecule has 3 rings (SSSR count). The van der Waals surface area contributed by atoms with Gasteiger partial charge in [0.05, 0.1) is 72.5 Å². The average molecular weight is 611 g/mol. The van der Waals surface area contributed by atoms with E-state index < -0.39 is 0 Å². The maximum absolute atomic E-state index is 12.3. The Labute approximate surface area is 260 Å². The largest absolute Gasteiger partial charge is 0.378 e. The van der Waals surface area contributed by atoms with Crippen LogP contribution in [0.2, 0.25) is 0 Å². The summed E-state index contributed by atoms with van der Waals surface area (Å²) in [7, 11) is 1.96. The van der Waals surface area contributed by atoms with Gasteiger partial charge in [-0.15, -0.1) is 0 Å². The van der Waals surface area contributed by atoms with E-state index in [-0.39, 0.29) is 5.91 Å². The Morgan fingerprint density at radius 2 is 1.30 bits per heavy atom. The predicted molar refractivity (Wildman–Crippen MR) is 172 cm³/mol. The molecule has 2 aromatic carbocycles. The Balaban J connectivity index is 1.27. The lowest BCUT2D eigenvalue weighted by atomic mass is 10.1. The number of ether oxygens (including phenoxy) is 5. The van der Waals surface area contributed by atoms with Crippen LogP contribution in [-0.4, -0.2) is 102 Å². The molecule has 0 saturated carbocycles. The van der Waals surface area contributed by atoms with E-state index in [0.29, 0.717) is 91.5 Å². The van der Waals surface area contributed by atoms with E-state index in [1.165, 1.54) is 0 Å². The van der Waals surface area contributed by atoms with E-state index in [1.807, 2.05) is 79.5 Å². The second-order valence-electron chi connectivity index (χ2n) is 9.88. The Morgan fingerprint density at radius 3 is 1.89 bits per heavy atom. The van der Waals surface area contributed by atoms with Crippen LogP contribution < -0.4 is 21.3 Å². The maximum atomic E-state index is 12.3. The molecule has 1 amide bonds. The molecule has 0 saturated heterocycles. The summed E-state index contributed by atoms with van der Waals surface area (Å²) < 4.78 is 27.4. The number of nitrogens with zero attached hydrogens (tertiary/aromatic N) is 3. The van der Waals surface area contributed by atoms with E-state index in [4.69, 9.17) is 29.4 Å². The lowest BCUT2D eigenvalue weighted by Gasteiger charge is -2.19. The van der Waals surface area contributed by atoms with E-state index in [9.17, 15) is 4.79 Å². The van der Waals surface area contributed by atoms with Crippen molar-refractivity contribution in [2.24, 2.45) is 5.73 Å². The number of anilines is 4. The SMILES string of the molecule is Cc1cc(N(C)CCOCCOCCOCCOCCOCCN)nc(Nc2ccc(NC(=O)Cc3ccccc3)cc2)n1. The molecule has 240 valence electrons. The third kappa shape index (κ3) is 14.7. The van der Waals surface area contributed by atoms with Crippen molar-refractivity contribution in [3.63, 3.8) is 0 Å². The zero-order chi connectivity index (χ0) is 31.2. The van der Waals surface area contributed by atoms with Gasteiger partial charge in [0.25, 0.3) is 0 Å². The molecular weight excluding hydrogens is 564 g/mol. The molecule has 3 aromatic rings. The second-order valence-corrected chi connectivity index (χ2v) is 9.88. The van der Waals surface area contributed by atoms with Crippen LogP contribution in [0.4, 0.5) is 23.1 Å². The van der Waals surface area contributed by atoms with Crippen molar-refractivity contribution >= 4 is 29.0 Å². The minimum atomic E-state index is -0.0628. The van der Waals surface area contributed by atoms with Gasteiger partial charge in [-0.25, -0.2) is 4.98 Å². The molecule has 0 aliphatic carbocycles. The van der Waals surface area contributed by atoms with Gasteiger partial charge in [-0.1, -0.05) is 30.3 Å². The molecule has 12 heteroatoms. The highest BCUT2D eigenvalue weighted by Crippen LogP contribution is 2.20. The van der Waals surface area contributed by atoms with E-state index in [1.54, 1.807) is 0 Å². The summed E-state index contributed by atoms with van der Waals surface area (Å²) >= 11 is 0. The average Bonchev–Trinajstić information content (AvgIpc) is 3.02. The molecule has 0 atom stereocenters. The number of carbonyl (C=O) groups is 1. The summed E-state index contributed by atoms with van der Waals surface area (Å²) in [5, 5.41) is 6.18. The van der Waals surface area contributed by atoms with Crippen LogP contribution in [0.3, 0.4) is 0 Å². The van der Waals surface area contributed by atoms with Crippen LogP contribution in [0, 0.1) is 6.92 Å². The van der Waals surface area contributed by atoms with Crippen LogP contribution in [-0.2, 0) is 34.9 Å². The Bertz CT molecular complexity index is 1200. The number of nitrogens with two attached hydrogens (primary N) is 1. The number of aryl methyl sites for hydroxylation is 1. The Morgan fingerprint density at radius 1 is 0.750 bits per heavy atom. The summed E-state index contributed by atoms with van der Waals surface area (Å²) in [6.07, 6.45) is 0.327. The number of likely N-dealkylation sites (N-methyl/N-ethyl adjacent to an activating group) is 1. The molecule has 0 aliphatic heterocycles. The standard InChI is InChI=1S/C32H46N6O6/c1-26-24-30(38(2)13-15-41-17-19-43-21-23-44-22-20-42-18-16-40-14-12-33)37-32(34-26)36-29-10-8-28(9-11-29)35-31(39)25-27-6-4-3-5-7-27/h3-11,24H,12-23,25,33H2,1-2H3,(H,35,39)(H,34,36,37). The van der Waals surface area contributed by atoms with Gasteiger partial charge in [-0.3, -0.25) is 4.79 Å². The van der Waals surface area contributed by atoms with Crippen molar-refractivity contribution < 1.29 is 28.5 Å². The first-order chi connectivity index (χ1) is 21.5. The van der Waals surface area contributed by atoms with Gasteiger partial charge < -0.3 is 45.0 Å². The second kappa shape index (κ2) is 21.1. The van der Waals surface area contributed by atoms with Crippen molar-refractivity contribution in [3.8, 4) is 0 Å². The zero-order valence-electron chi connectivity index (χ0n) is 25.8. The summed E-state index contributed by atoms with van der Waals surface area (Å²) in [6, 6.07) is 19.0. The van der Waals surface area contributed by atoms with Gasteiger partial charge in [0, 0.05) is 43.3 Å². The van der Waals surface area contributed by atoms with Gasteiger partial charge in [-0.05, 0) is 36.8 Å². The molecule has 1 aromatic heterocycles. The van der Waals surface area contributed by atoms with Crippen molar-refractivity contribution in [3.05, 3.63) is 71.9 Å². The topological polar surface area (TPSA) is 142 Å². The number of hydrogen-bond acceptors (Lipinski definition) is 11. The van der Waals surface area contributed by atoms with Crippen LogP contribution >= 0.6 is 0 Å². The van der Waals surface area contributed by atoms with Crippen molar-refractivity contribution in [1.82, 2.24) is 9.97 Å². The lowest BCUT2D eigenvalue weighted by molar-refractivity contribution is -0.115. The quantitative estimate of drug-likeness (QED) is 0.136. The Hall–Kier alpha value is -3.65. The molecule has 44 heavy (non-hydrogen) atoms. The fourth-order valence-corrected chi connectivity index (χ4v) is 3.94. The number of amides is 1. The number of rotatable bonds is 23. The number of nitrogens with one attached hydrogen (secondary N) is 2. The fraction of sp³-hybridized carbons (Fsp3) is 0.469. The Kier molecular flexibility index (Phi) is 16.7. The molecule has 0 unspecified atom stereocenters. The molecular formula is C32H46N6O6. The van der Waals surface area contributed by atoms with Crippen molar-refractivity contribution in [2.75, 3.05) is 102 Å². The van der Waals surface area contributed by atoms with Crippen molar-refractivity contribution in [2.45, 2.75) is 13.3 Å². The molecule has 0 fully saturated rings. The smallest absolute Gasteiger partial charge is 0.229 e. The molecule has 0 aliphatic rings. The third-order valence-corrected chi connectivity index (χ3v) is 6.19. The monoisotopic (exact) mass is 610 g/mol. The minimum absolute atomic E-state index is 0.0628. The molecule has 0 bridgehead atoms. The van der Waals surface area contributed by atoms with E-state index in [0.717, 1.165) is 28.5 Å². The number of aromatic nitrogens is 2. The van der Waals surface area contributed by atoms with Gasteiger partial charge in [0.15, 0.2) is 0 Å². The van der Waals surface area contributed by atoms with E-state index in [2.05, 4.69) is 20.6 Å². The van der Waals surface area contributed by atoms with Gasteiger partial charge in [-0.2, -0.15) is 4.98 Å². The molecule has 4 N–H and O–H groups in total. The normalized spacial score (nSPS) is 11.0.